The third-order valence-electron chi connectivity index (χ3n) is 4.73. The maximum atomic E-state index is 13.2. The van der Waals surface area contributed by atoms with E-state index in [1.54, 1.807) is 50.4 Å². The smallest absolute Gasteiger partial charge is 0.343 e. The molecule has 4 rings (SSSR count). The normalized spacial score (nSPS) is 17.9. The van der Waals surface area contributed by atoms with Crippen molar-refractivity contribution in [3.8, 4) is 11.5 Å². The fourth-order valence-corrected chi connectivity index (χ4v) is 3.54. The lowest BCUT2D eigenvalue weighted by Gasteiger charge is -2.20. The van der Waals surface area contributed by atoms with Gasteiger partial charge in [-0.15, -0.1) is 0 Å². The highest BCUT2D eigenvalue weighted by Gasteiger charge is 2.44. The molecule has 1 aliphatic rings. The maximum Gasteiger partial charge on any atom is 0.343 e. The van der Waals surface area contributed by atoms with Gasteiger partial charge in [0.05, 0.1) is 18.6 Å². The SMILES string of the molecule is COc1ccccc1C1c2c(cc(C)oc2=O)OC1C(=O)c1ccccc1. The van der Waals surface area contributed by atoms with Crippen LogP contribution in [0.4, 0.5) is 0 Å². The molecule has 0 fully saturated rings. The summed E-state index contributed by atoms with van der Waals surface area (Å²) in [7, 11) is 1.56. The number of methoxy groups -OCH3 is 1. The minimum atomic E-state index is -0.872. The molecule has 5 heteroatoms. The third kappa shape index (κ3) is 2.91. The molecule has 2 unspecified atom stereocenters. The van der Waals surface area contributed by atoms with Gasteiger partial charge in [-0.1, -0.05) is 48.5 Å². The van der Waals surface area contributed by atoms with Gasteiger partial charge >= 0.3 is 5.63 Å². The Morgan fingerprint density at radius 1 is 1.04 bits per heavy atom. The van der Waals surface area contributed by atoms with Crippen LogP contribution in [0.5, 0.6) is 11.5 Å². The number of carbonyl (C=O) groups excluding carboxylic acids is 1. The largest absolute Gasteiger partial charge is 0.496 e. The van der Waals surface area contributed by atoms with E-state index in [0.29, 0.717) is 33.9 Å². The van der Waals surface area contributed by atoms with E-state index in [9.17, 15) is 9.59 Å². The molecule has 2 aromatic carbocycles. The number of ketones is 1. The molecule has 2 atom stereocenters. The molecule has 1 aromatic heterocycles. The second-order valence-electron chi connectivity index (χ2n) is 6.41. The highest BCUT2D eigenvalue weighted by Crippen LogP contribution is 2.44. The molecule has 0 aliphatic carbocycles. The molecule has 0 radical (unpaired) electrons. The van der Waals surface area contributed by atoms with Crippen molar-refractivity contribution < 1.29 is 18.7 Å². The number of para-hydroxylation sites is 1. The summed E-state index contributed by atoms with van der Waals surface area (Å²) >= 11 is 0. The fraction of sp³-hybridized carbons (Fsp3) is 0.182. The van der Waals surface area contributed by atoms with Gasteiger partial charge in [-0.05, 0) is 13.0 Å². The zero-order valence-electron chi connectivity index (χ0n) is 15.0. The molecule has 0 N–H and O–H groups in total. The molecular formula is C22H18O5. The van der Waals surface area contributed by atoms with E-state index in [0.717, 1.165) is 0 Å². The predicted molar refractivity (Wildman–Crippen MR) is 99.7 cm³/mol. The quantitative estimate of drug-likeness (QED) is 0.662. The summed E-state index contributed by atoms with van der Waals surface area (Å²) < 4.78 is 16.7. The zero-order valence-corrected chi connectivity index (χ0v) is 15.0. The highest BCUT2D eigenvalue weighted by molar-refractivity contribution is 6.01. The number of fused-ring (bicyclic) bond motifs is 1. The summed E-state index contributed by atoms with van der Waals surface area (Å²) in [6, 6.07) is 17.9. The second-order valence-corrected chi connectivity index (χ2v) is 6.41. The van der Waals surface area contributed by atoms with Gasteiger partial charge in [-0.25, -0.2) is 4.79 Å². The van der Waals surface area contributed by atoms with E-state index < -0.39 is 17.6 Å². The number of hydrogen-bond acceptors (Lipinski definition) is 5. The number of benzene rings is 2. The van der Waals surface area contributed by atoms with Crippen molar-refractivity contribution in [2.75, 3.05) is 7.11 Å². The first-order valence-electron chi connectivity index (χ1n) is 8.63. The Hall–Kier alpha value is -3.34. The van der Waals surface area contributed by atoms with E-state index in [-0.39, 0.29) is 5.78 Å². The maximum absolute atomic E-state index is 13.2. The molecule has 5 nitrogen and oxygen atoms in total. The Labute approximate surface area is 156 Å². The molecule has 27 heavy (non-hydrogen) atoms. The second kappa shape index (κ2) is 6.76. The van der Waals surface area contributed by atoms with Crippen LogP contribution in [0.15, 0.2) is 69.9 Å². The van der Waals surface area contributed by atoms with Crippen molar-refractivity contribution in [3.05, 3.63) is 93.5 Å². The summed E-state index contributed by atoms with van der Waals surface area (Å²) in [5.41, 5.74) is 1.09. The lowest BCUT2D eigenvalue weighted by atomic mass is 9.85. The van der Waals surface area contributed by atoms with Crippen LogP contribution in [-0.4, -0.2) is 19.0 Å². The van der Waals surface area contributed by atoms with E-state index in [4.69, 9.17) is 13.9 Å². The van der Waals surface area contributed by atoms with Crippen LogP contribution in [0.3, 0.4) is 0 Å². The molecule has 0 amide bonds. The van der Waals surface area contributed by atoms with Gasteiger partial charge in [-0.3, -0.25) is 4.79 Å². The lowest BCUT2D eigenvalue weighted by molar-refractivity contribution is 0.0805. The summed E-state index contributed by atoms with van der Waals surface area (Å²) in [4.78, 5) is 25.8. The van der Waals surface area contributed by atoms with E-state index in [1.807, 2.05) is 24.3 Å². The average Bonchev–Trinajstić information content (AvgIpc) is 3.07. The summed E-state index contributed by atoms with van der Waals surface area (Å²) in [5, 5.41) is 0. The first-order valence-corrected chi connectivity index (χ1v) is 8.63. The van der Waals surface area contributed by atoms with Crippen molar-refractivity contribution in [3.63, 3.8) is 0 Å². The summed E-state index contributed by atoms with van der Waals surface area (Å²) in [5.74, 6) is 0.601. The number of aryl methyl sites for hydroxylation is 1. The van der Waals surface area contributed by atoms with Gasteiger partial charge in [0.2, 0.25) is 5.78 Å². The van der Waals surface area contributed by atoms with Crippen LogP contribution < -0.4 is 15.1 Å². The Kier molecular flexibility index (Phi) is 4.28. The standard InChI is InChI=1S/C22H18O5/c1-13-12-17-19(22(24)26-13)18(15-10-6-7-11-16(15)25-2)21(27-17)20(23)14-8-4-3-5-9-14/h3-12,18,21H,1-2H3. The van der Waals surface area contributed by atoms with Crippen LogP contribution in [-0.2, 0) is 0 Å². The summed E-state index contributed by atoms with van der Waals surface area (Å²) in [6.07, 6.45) is -0.872. The van der Waals surface area contributed by atoms with Gasteiger partial charge < -0.3 is 13.9 Å². The van der Waals surface area contributed by atoms with Crippen molar-refractivity contribution >= 4 is 5.78 Å². The predicted octanol–water partition coefficient (Wildman–Crippen LogP) is 3.73. The zero-order chi connectivity index (χ0) is 19.0. The molecule has 136 valence electrons. The van der Waals surface area contributed by atoms with Crippen molar-refractivity contribution in [1.82, 2.24) is 0 Å². The van der Waals surface area contributed by atoms with Crippen molar-refractivity contribution in [2.24, 2.45) is 0 Å². The molecule has 0 spiro atoms. The minimum Gasteiger partial charge on any atom is -0.496 e. The van der Waals surface area contributed by atoms with Crippen LogP contribution in [0.25, 0.3) is 0 Å². The Balaban J connectivity index is 1.90. The summed E-state index contributed by atoms with van der Waals surface area (Å²) in [6.45, 7) is 1.68. The number of carbonyl (C=O) groups is 1. The molecule has 0 bridgehead atoms. The molecular weight excluding hydrogens is 344 g/mol. The molecule has 2 heterocycles. The number of hydrogen-bond donors (Lipinski definition) is 0. The molecule has 3 aromatic rings. The van der Waals surface area contributed by atoms with Crippen molar-refractivity contribution in [1.29, 1.82) is 0 Å². The topological polar surface area (TPSA) is 65.7 Å². The van der Waals surface area contributed by atoms with Crippen LogP contribution >= 0.6 is 0 Å². The Bertz CT molecular complexity index is 1050. The molecule has 0 saturated heterocycles. The fourth-order valence-electron chi connectivity index (χ4n) is 3.54. The van der Waals surface area contributed by atoms with Crippen LogP contribution in [0.2, 0.25) is 0 Å². The van der Waals surface area contributed by atoms with E-state index >= 15 is 0 Å². The number of ether oxygens (including phenoxy) is 2. The van der Waals surface area contributed by atoms with Crippen molar-refractivity contribution in [2.45, 2.75) is 18.9 Å². The Morgan fingerprint density at radius 3 is 2.48 bits per heavy atom. The number of rotatable bonds is 4. The van der Waals surface area contributed by atoms with Crippen LogP contribution in [0.1, 0.15) is 33.2 Å². The van der Waals surface area contributed by atoms with Gasteiger partial charge in [0.1, 0.15) is 17.3 Å². The van der Waals surface area contributed by atoms with Gasteiger partial charge in [0.25, 0.3) is 0 Å². The lowest BCUT2D eigenvalue weighted by Crippen LogP contribution is -2.31. The first-order chi connectivity index (χ1) is 13.1. The van der Waals surface area contributed by atoms with E-state index in [1.165, 1.54) is 0 Å². The van der Waals surface area contributed by atoms with E-state index in [2.05, 4.69) is 0 Å². The number of Topliss-reactive ketones (excluding diaryl/α,β-unsaturated/α-hetero) is 1. The van der Waals surface area contributed by atoms with Gasteiger partial charge in [-0.2, -0.15) is 0 Å². The van der Waals surface area contributed by atoms with Gasteiger partial charge in [0, 0.05) is 17.2 Å². The highest BCUT2D eigenvalue weighted by atomic mass is 16.5. The van der Waals surface area contributed by atoms with Gasteiger partial charge in [0.15, 0.2) is 6.10 Å². The first kappa shape index (κ1) is 17.1. The molecule has 0 saturated carbocycles. The average molecular weight is 362 g/mol. The molecule has 1 aliphatic heterocycles. The Morgan fingerprint density at radius 2 is 1.74 bits per heavy atom. The third-order valence-corrected chi connectivity index (χ3v) is 4.73. The van der Waals surface area contributed by atoms with Crippen LogP contribution in [0, 0.1) is 6.92 Å². The minimum absolute atomic E-state index is 0.195. The monoisotopic (exact) mass is 362 g/mol.